The van der Waals surface area contributed by atoms with E-state index in [0.29, 0.717) is 22.6 Å². The van der Waals surface area contributed by atoms with Crippen LogP contribution in [-0.2, 0) is 6.42 Å². The van der Waals surface area contributed by atoms with Crippen LogP contribution in [0.15, 0.2) is 23.3 Å². The van der Waals surface area contributed by atoms with Crippen molar-refractivity contribution in [3.05, 3.63) is 29.0 Å². The van der Waals surface area contributed by atoms with Gasteiger partial charge in [0.2, 0.25) is 0 Å². The van der Waals surface area contributed by atoms with E-state index in [1.54, 1.807) is 6.20 Å². The van der Waals surface area contributed by atoms with Gasteiger partial charge >= 0.3 is 0 Å². The molecule has 0 aromatic carbocycles. The number of hydrogen-bond donors (Lipinski definition) is 2. The van der Waals surface area contributed by atoms with Crippen molar-refractivity contribution < 1.29 is 0 Å². The van der Waals surface area contributed by atoms with Crippen molar-refractivity contribution in [2.45, 2.75) is 26.7 Å². The van der Waals surface area contributed by atoms with Crippen LogP contribution in [0.4, 0.5) is 0 Å². The van der Waals surface area contributed by atoms with Crippen LogP contribution in [0.2, 0.25) is 5.02 Å². The summed E-state index contributed by atoms with van der Waals surface area (Å²) in [5.74, 6) is 0.449. The molecule has 0 amide bonds. The van der Waals surface area contributed by atoms with E-state index in [4.69, 9.17) is 29.6 Å². The molecule has 5 nitrogen and oxygen atoms in total. The van der Waals surface area contributed by atoms with Gasteiger partial charge in [0, 0.05) is 25.8 Å². The average molecular weight is 328 g/mol. The zero-order valence-corrected chi connectivity index (χ0v) is 14.0. The highest BCUT2D eigenvalue weighted by Crippen LogP contribution is 2.13. The lowest BCUT2D eigenvalue weighted by Gasteiger charge is -2.19. The highest BCUT2D eigenvalue weighted by Gasteiger charge is 2.04. The molecule has 0 fully saturated rings. The number of hydrogen-bond acceptors (Lipinski definition) is 2. The summed E-state index contributed by atoms with van der Waals surface area (Å²) in [5, 5.41) is 4.18. The minimum Gasteiger partial charge on any atom is -0.369 e. The molecule has 3 N–H and O–H groups in total. The highest BCUT2D eigenvalue weighted by atomic mass is 35.5. The number of aryl methyl sites for hydroxylation is 1. The molecule has 0 aliphatic carbocycles. The third kappa shape index (κ3) is 6.27. The van der Waals surface area contributed by atoms with Gasteiger partial charge in [-0.1, -0.05) is 11.6 Å². The predicted molar refractivity (Wildman–Crippen MR) is 92.7 cm³/mol. The number of nitrogens with two attached hydrogens (primary N) is 1. The zero-order chi connectivity index (χ0) is 15.7. The SMILES string of the molecule is CCN(CC)C(N)=NC(=S)NCCCc1ncccc1Cl. The Kier molecular flexibility index (Phi) is 8.00. The molecule has 1 aromatic rings. The van der Waals surface area contributed by atoms with Crippen LogP contribution in [0.5, 0.6) is 0 Å². The van der Waals surface area contributed by atoms with Gasteiger partial charge < -0.3 is 16.0 Å². The number of aromatic nitrogens is 1. The normalized spacial score (nSPS) is 11.3. The van der Waals surface area contributed by atoms with E-state index in [-0.39, 0.29) is 0 Å². The van der Waals surface area contributed by atoms with E-state index in [2.05, 4.69) is 15.3 Å². The Hall–Kier alpha value is -1.40. The van der Waals surface area contributed by atoms with E-state index < -0.39 is 0 Å². The van der Waals surface area contributed by atoms with Crippen LogP contribution in [0, 0.1) is 0 Å². The van der Waals surface area contributed by atoms with Gasteiger partial charge in [0.15, 0.2) is 11.1 Å². The fourth-order valence-electron chi connectivity index (χ4n) is 1.82. The maximum atomic E-state index is 6.05. The predicted octanol–water partition coefficient (Wildman–Crippen LogP) is 2.20. The quantitative estimate of drug-likeness (QED) is 0.363. The van der Waals surface area contributed by atoms with Crippen LogP contribution in [-0.4, -0.2) is 40.6 Å². The molecule has 0 atom stereocenters. The molecule has 1 rings (SSSR count). The van der Waals surface area contributed by atoms with Crippen molar-refractivity contribution in [3.8, 4) is 0 Å². The van der Waals surface area contributed by atoms with E-state index in [1.807, 2.05) is 30.9 Å². The Morgan fingerprint density at radius 2 is 2.19 bits per heavy atom. The van der Waals surface area contributed by atoms with Gasteiger partial charge in [0.05, 0.1) is 10.7 Å². The van der Waals surface area contributed by atoms with Gasteiger partial charge in [0.1, 0.15) is 0 Å². The summed E-state index contributed by atoms with van der Waals surface area (Å²) in [5.41, 5.74) is 6.78. The van der Waals surface area contributed by atoms with E-state index in [0.717, 1.165) is 31.6 Å². The maximum absolute atomic E-state index is 6.05. The Bertz CT molecular complexity index is 488. The molecule has 0 unspecified atom stereocenters. The lowest BCUT2D eigenvalue weighted by Crippen LogP contribution is -2.38. The summed E-state index contributed by atoms with van der Waals surface area (Å²) in [6, 6.07) is 3.67. The molecule has 116 valence electrons. The highest BCUT2D eigenvalue weighted by molar-refractivity contribution is 7.80. The van der Waals surface area contributed by atoms with Crippen molar-refractivity contribution >= 4 is 34.9 Å². The summed E-state index contributed by atoms with van der Waals surface area (Å²) in [6.45, 7) is 6.39. The molecular weight excluding hydrogens is 306 g/mol. The van der Waals surface area contributed by atoms with Gasteiger partial charge in [-0.25, -0.2) is 0 Å². The second kappa shape index (κ2) is 9.52. The Morgan fingerprint density at radius 1 is 1.48 bits per heavy atom. The van der Waals surface area contributed by atoms with Gasteiger partial charge in [-0.3, -0.25) is 4.98 Å². The summed E-state index contributed by atoms with van der Waals surface area (Å²) in [6.07, 6.45) is 3.41. The number of rotatable bonds is 6. The molecule has 1 heterocycles. The van der Waals surface area contributed by atoms with Crippen LogP contribution in [0.25, 0.3) is 0 Å². The lowest BCUT2D eigenvalue weighted by atomic mass is 10.2. The second-order valence-corrected chi connectivity index (χ2v) is 5.20. The first-order valence-corrected chi connectivity index (χ1v) is 7.83. The van der Waals surface area contributed by atoms with E-state index in [9.17, 15) is 0 Å². The fourth-order valence-corrected chi connectivity index (χ4v) is 2.23. The zero-order valence-electron chi connectivity index (χ0n) is 12.5. The molecule has 0 radical (unpaired) electrons. The molecule has 0 saturated heterocycles. The number of pyridine rings is 1. The van der Waals surface area contributed by atoms with Gasteiger partial charge in [-0.05, 0) is 51.0 Å². The molecule has 0 spiro atoms. The number of nitrogens with one attached hydrogen (secondary N) is 1. The first kappa shape index (κ1) is 17.7. The summed E-state index contributed by atoms with van der Waals surface area (Å²) in [4.78, 5) is 10.4. The number of guanidine groups is 1. The van der Waals surface area contributed by atoms with Gasteiger partial charge in [0.25, 0.3) is 0 Å². The number of halogens is 1. The third-order valence-electron chi connectivity index (χ3n) is 3.00. The summed E-state index contributed by atoms with van der Waals surface area (Å²) >= 11 is 11.2. The largest absolute Gasteiger partial charge is 0.369 e. The molecular formula is C14H22ClN5S. The maximum Gasteiger partial charge on any atom is 0.198 e. The first-order chi connectivity index (χ1) is 10.1. The van der Waals surface area contributed by atoms with Gasteiger partial charge in [-0.2, -0.15) is 4.99 Å². The number of nitrogens with zero attached hydrogens (tertiary/aromatic N) is 3. The topological polar surface area (TPSA) is 66.5 Å². The minimum absolute atomic E-state index is 0.409. The Labute approximate surface area is 136 Å². The van der Waals surface area contributed by atoms with Crippen LogP contribution in [0.1, 0.15) is 26.0 Å². The number of thiocarbonyl (C=S) groups is 1. The van der Waals surface area contributed by atoms with Crippen LogP contribution in [0.3, 0.4) is 0 Å². The van der Waals surface area contributed by atoms with E-state index in [1.165, 1.54) is 0 Å². The van der Waals surface area contributed by atoms with Crippen LogP contribution >= 0.6 is 23.8 Å². The molecule has 1 aromatic heterocycles. The lowest BCUT2D eigenvalue weighted by molar-refractivity contribution is 0.461. The molecule has 0 saturated carbocycles. The van der Waals surface area contributed by atoms with Crippen molar-refractivity contribution in [3.63, 3.8) is 0 Å². The van der Waals surface area contributed by atoms with Crippen molar-refractivity contribution in [2.75, 3.05) is 19.6 Å². The van der Waals surface area contributed by atoms with E-state index >= 15 is 0 Å². The first-order valence-electron chi connectivity index (χ1n) is 7.04. The molecule has 0 bridgehead atoms. The fraction of sp³-hybridized carbons (Fsp3) is 0.500. The summed E-state index contributed by atoms with van der Waals surface area (Å²) in [7, 11) is 0. The van der Waals surface area contributed by atoms with Gasteiger partial charge in [-0.15, -0.1) is 0 Å². The number of aliphatic imine (C=N–C) groups is 1. The minimum atomic E-state index is 0.409. The molecule has 21 heavy (non-hydrogen) atoms. The van der Waals surface area contributed by atoms with Crippen molar-refractivity contribution in [1.29, 1.82) is 0 Å². The van der Waals surface area contributed by atoms with Crippen molar-refractivity contribution in [2.24, 2.45) is 10.7 Å². The summed E-state index contributed by atoms with van der Waals surface area (Å²) < 4.78 is 0. The smallest absolute Gasteiger partial charge is 0.198 e. The Balaban J connectivity index is 2.34. The second-order valence-electron chi connectivity index (χ2n) is 4.41. The van der Waals surface area contributed by atoms with Crippen molar-refractivity contribution in [1.82, 2.24) is 15.2 Å². The monoisotopic (exact) mass is 327 g/mol. The third-order valence-corrected chi connectivity index (χ3v) is 3.58. The standard InChI is InChI=1S/C14H22ClN5S/c1-3-20(4-2)13(16)19-14(21)18-10-6-8-12-11(15)7-5-9-17-12/h5,7,9H,3-4,6,8,10H2,1-2H3,(H3,16,18,19,21). The molecule has 7 heteroatoms. The van der Waals surface area contributed by atoms with Crippen LogP contribution < -0.4 is 11.1 Å². The molecule has 0 aliphatic heterocycles. The Morgan fingerprint density at radius 3 is 2.81 bits per heavy atom. The average Bonchev–Trinajstić information content (AvgIpc) is 2.46. The molecule has 0 aliphatic rings.